The minimum atomic E-state index is -0.547. The molecule has 168 valence electrons. The Bertz CT molecular complexity index is 1120. The lowest BCUT2D eigenvalue weighted by Gasteiger charge is -2.22. The van der Waals surface area contributed by atoms with Crippen LogP contribution in [0.1, 0.15) is 50.7 Å². The van der Waals surface area contributed by atoms with Gasteiger partial charge in [-0.15, -0.1) is 10.2 Å². The second-order valence-electron chi connectivity index (χ2n) is 8.61. The molecular formula is C23H27N5O3S. The molecule has 1 N–H and O–H groups in total. The summed E-state index contributed by atoms with van der Waals surface area (Å²) in [6.45, 7) is 9.45. The Morgan fingerprint density at radius 2 is 1.81 bits per heavy atom. The monoisotopic (exact) mass is 453 g/mol. The van der Waals surface area contributed by atoms with Gasteiger partial charge in [0.25, 0.3) is 5.69 Å². The molecule has 3 rings (SSSR count). The Hall–Kier alpha value is -3.20. The van der Waals surface area contributed by atoms with Crippen molar-refractivity contribution in [1.82, 2.24) is 20.1 Å². The predicted octanol–water partition coefficient (Wildman–Crippen LogP) is 5.00. The van der Waals surface area contributed by atoms with Crippen molar-refractivity contribution in [2.75, 3.05) is 0 Å². The summed E-state index contributed by atoms with van der Waals surface area (Å²) in [5.74, 6) is 1.15. The average molecular weight is 454 g/mol. The van der Waals surface area contributed by atoms with Gasteiger partial charge in [0.15, 0.2) is 11.0 Å². The lowest BCUT2D eigenvalue weighted by molar-refractivity contribution is -0.384. The van der Waals surface area contributed by atoms with Crippen molar-refractivity contribution >= 4 is 23.4 Å². The fourth-order valence-electron chi connectivity index (χ4n) is 3.01. The van der Waals surface area contributed by atoms with Gasteiger partial charge in [-0.2, -0.15) is 0 Å². The number of benzene rings is 2. The molecule has 0 fully saturated rings. The second-order valence-corrected chi connectivity index (χ2v) is 9.55. The zero-order valence-electron chi connectivity index (χ0n) is 18.8. The SMILES string of the molecule is Cc1ccccc1CSc1nnc(C(C)NC(=O)C(C)(C)C)n1-c1ccc([N+](=O)[O-])cc1. The highest BCUT2D eigenvalue weighted by Crippen LogP contribution is 2.29. The maximum absolute atomic E-state index is 12.5. The molecule has 2 aromatic carbocycles. The standard InChI is InChI=1S/C23H27N5O3S/c1-15-8-6-7-9-17(15)14-32-22-26-25-20(16(2)24-21(29)23(3,4)5)27(22)18-10-12-19(13-11-18)28(30)31/h6-13,16H,14H2,1-5H3,(H,24,29). The molecule has 0 aliphatic rings. The first-order valence-electron chi connectivity index (χ1n) is 10.3. The van der Waals surface area contributed by atoms with Crippen LogP contribution in [0.2, 0.25) is 0 Å². The van der Waals surface area contributed by atoms with Crippen LogP contribution in [0.5, 0.6) is 0 Å². The van der Waals surface area contributed by atoms with Crippen molar-refractivity contribution in [1.29, 1.82) is 0 Å². The van der Waals surface area contributed by atoms with Gasteiger partial charge < -0.3 is 5.32 Å². The number of nitro benzene ring substituents is 1. The second kappa shape index (κ2) is 9.52. The minimum Gasteiger partial charge on any atom is -0.346 e. The van der Waals surface area contributed by atoms with Gasteiger partial charge >= 0.3 is 0 Å². The Morgan fingerprint density at radius 3 is 2.41 bits per heavy atom. The van der Waals surface area contributed by atoms with Crippen LogP contribution in [0.15, 0.2) is 53.7 Å². The molecule has 8 nitrogen and oxygen atoms in total. The molecule has 0 bridgehead atoms. The Morgan fingerprint density at radius 1 is 1.16 bits per heavy atom. The van der Waals surface area contributed by atoms with Crippen LogP contribution < -0.4 is 5.32 Å². The number of rotatable bonds is 7. The summed E-state index contributed by atoms with van der Waals surface area (Å²) < 4.78 is 1.85. The van der Waals surface area contributed by atoms with E-state index in [4.69, 9.17) is 0 Å². The van der Waals surface area contributed by atoms with Gasteiger partial charge in [-0.25, -0.2) is 0 Å². The molecule has 0 saturated carbocycles. The molecular weight excluding hydrogens is 426 g/mol. The lowest BCUT2D eigenvalue weighted by Crippen LogP contribution is -2.37. The number of aromatic nitrogens is 3. The van der Waals surface area contributed by atoms with E-state index >= 15 is 0 Å². The fraction of sp³-hybridized carbons (Fsp3) is 0.348. The van der Waals surface area contributed by atoms with Crippen molar-refractivity contribution in [3.63, 3.8) is 0 Å². The van der Waals surface area contributed by atoms with Crippen LogP contribution in [0.3, 0.4) is 0 Å². The zero-order chi connectivity index (χ0) is 23.5. The van der Waals surface area contributed by atoms with E-state index in [1.165, 1.54) is 35.0 Å². The molecule has 0 aliphatic heterocycles. The largest absolute Gasteiger partial charge is 0.346 e. The number of carbonyl (C=O) groups is 1. The van der Waals surface area contributed by atoms with Gasteiger partial charge in [-0.3, -0.25) is 19.5 Å². The minimum absolute atomic E-state index is 0.00608. The molecule has 0 radical (unpaired) electrons. The van der Waals surface area contributed by atoms with Crippen LogP contribution in [0.25, 0.3) is 5.69 Å². The van der Waals surface area contributed by atoms with Crippen LogP contribution in [0.4, 0.5) is 5.69 Å². The number of carbonyl (C=O) groups excluding carboxylic acids is 1. The van der Waals surface area contributed by atoms with E-state index in [0.717, 1.165) is 0 Å². The average Bonchev–Trinajstić information content (AvgIpc) is 3.16. The van der Waals surface area contributed by atoms with Gasteiger partial charge in [-0.1, -0.05) is 56.8 Å². The third kappa shape index (κ3) is 5.34. The maximum atomic E-state index is 12.5. The van der Waals surface area contributed by atoms with E-state index in [0.29, 0.717) is 22.4 Å². The number of non-ortho nitro benzene ring substituents is 1. The first-order chi connectivity index (χ1) is 15.1. The molecule has 3 aromatic rings. The van der Waals surface area contributed by atoms with Crippen molar-refractivity contribution in [2.45, 2.75) is 51.6 Å². The van der Waals surface area contributed by atoms with E-state index < -0.39 is 16.4 Å². The molecule has 0 spiro atoms. The number of nitrogens with one attached hydrogen (secondary N) is 1. The summed E-state index contributed by atoms with van der Waals surface area (Å²) in [4.78, 5) is 23.2. The molecule has 32 heavy (non-hydrogen) atoms. The number of hydrogen-bond donors (Lipinski definition) is 1. The van der Waals surface area contributed by atoms with Gasteiger partial charge in [-0.05, 0) is 37.1 Å². The number of hydrogen-bond acceptors (Lipinski definition) is 6. The Balaban J connectivity index is 1.97. The smallest absolute Gasteiger partial charge is 0.269 e. The van der Waals surface area contributed by atoms with E-state index in [1.54, 1.807) is 12.1 Å². The number of nitrogens with zero attached hydrogens (tertiary/aromatic N) is 4. The first kappa shape index (κ1) is 23.5. The maximum Gasteiger partial charge on any atom is 0.269 e. The van der Waals surface area contributed by atoms with Crippen molar-refractivity contribution in [3.05, 3.63) is 75.6 Å². The molecule has 1 atom stereocenters. The molecule has 1 unspecified atom stereocenters. The fourth-order valence-corrected chi connectivity index (χ4v) is 4.05. The molecule has 0 aliphatic carbocycles. The van der Waals surface area contributed by atoms with Crippen molar-refractivity contribution in [2.24, 2.45) is 5.41 Å². The van der Waals surface area contributed by atoms with Crippen LogP contribution >= 0.6 is 11.8 Å². The quantitative estimate of drug-likeness (QED) is 0.307. The van der Waals surface area contributed by atoms with Crippen LogP contribution in [-0.2, 0) is 10.5 Å². The van der Waals surface area contributed by atoms with E-state index in [9.17, 15) is 14.9 Å². The van der Waals surface area contributed by atoms with E-state index in [-0.39, 0.29) is 11.6 Å². The summed E-state index contributed by atoms with van der Waals surface area (Å²) in [6.07, 6.45) is 0. The highest BCUT2D eigenvalue weighted by molar-refractivity contribution is 7.98. The summed E-state index contributed by atoms with van der Waals surface area (Å²) in [5.41, 5.74) is 2.53. The normalized spacial score (nSPS) is 12.4. The highest BCUT2D eigenvalue weighted by atomic mass is 32.2. The van der Waals surface area contributed by atoms with Crippen molar-refractivity contribution in [3.8, 4) is 5.69 Å². The van der Waals surface area contributed by atoms with Crippen molar-refractivity contribution < 1.29 is 9.72 Å². The number of nitro groups is 1. The summed E-state index contributed by atoms with van der Waals surface area (Å²) in [5, 5.41) is 23.4. The molecule has 0 saturated heterocycles. The third-order valence-corrected chi connectivity index (χ3v) is 5.99. The predicted molar refractivity (Wildman–Crippen MR) is 125 cm³/mol. The summed E-state index contributed by atoms with van der Waals surface area (Å²) >= 11 is 1.53. The van der Waals surface area contributed by atoms with Gasteiger partial charge in [0.05, 0.1) is 11.0 Å². The highest BCUT2D eigenvalue weighted by Gasteiger charge is 2.26. The van der Waals surface area contributed by atoms with E-state index in [2.05, 4.69) is 34.6 Å². The first-order valence-corrected chi connectivity index (χ1v) is 11.2. The zero-order valence-corrected chi connectivity index (χ0v) is 19.6. The third-order valence-electron chi connectivity index (χ3n) is 5.01. The van der Waals surface area contributed by atoms with Gasteiger partial charge in [0.2, 0.25) is 5.91 Å². The van der Waals surface area contributed by atoms with E-state index in [1.807, 2.05) is 44.4 Å². The van der Waals surface area contributed by atoms with Gasteiger partial charge in [0.1, 0.15) is 0 Å². The summed E-state index contributed by atoms with van der Waals surface area (Å²) in [6, 6.07) is 14.0. The topological polar surface area (TPSA) is 103 Å². The van der Waals surface area contributed by atoms with Crippen LogP contribution in [-0.4, -0.2) is 25.6 Å². The molecule has 1 amide bonds. The summed E-state index contributed by atoms with van der Waals surface area (Å²) in [7, 11) is 0. The Labute approximate surface area is 191 Å². The number of aryl methyl sites for hydroxylation is 1. The van der Waals surface area contributed by atoms with Crippen LogP contribution in [0, 0.1) is 22.5 Å². The molecule has 9 heteroatoms. The molecule has 1 aromatic heterocycles. The number of thioether (sulfide) groups is 1. The lowest BCUT2D eigenvalue weighted by atomic mass is 9.95. The molecule has 1 heterocycles. The number of amides is 1. The Kier molecular flexibility index (Phi) is 6.98. The van der Waals surface area contributed by atoms with Gasteiger partial charge in [0, 0.05) is 29.0 Å².